The van der Waals surface area contributed by atoms with Gasteiger partial charge in [-0.05, 0) is 83.3 Å². The van der Waals surface area contributed by atoms with E-state index in [1.54, 1.807) is 18.2 Å². The van der Waals surface area contributed by atoms with Crippen molar-refractivity contribution in [3.05, 3.63) is 23.8 Å². The van der Waals surface area contributed by atoms with Crippen LogP contribution < -0.4 is 10.2 Å². The van der Waals surface area contributed by atoms with E-state index in [-0.39, 0.29) is 22.5 Å². The molecule has 0 atom stereocenters. The van der Waals surface area contributed by atoms with Gasteiger partial charge in [-0.1, -0.05) is 11.6 Å². The van der Waals surface area contributed by atoms with Gasteiger partial charge in [0.2, 0.25) is 10.0 Å². The van der Waals surface area contributed by atoms with E-state index in [9.17, 15) is 13.5 Å². The summed E-state index contributed by atoms with van der Waals surface area (Å²) < 4.78 is 40.9. The molecule has 0 unspecified atom stereocenters. The molecule has 2 saturated carbocycles. The number of hydrogen-bond acceptors (Lipinski definition) is 5. The molecule has 154 valence electrons. The highest BCUT2D eigenvalue weighted by molar-refractivity contribution is 7.89. The van der Waals surface area contributed by atoms with Crippen molar-refractivity contribution < 1.29 is 22.8 Å². The van der Waals surface area contributed by atoms with Gasteiger partial charge in [0.1, 0.15) is 0 Å². The second-order valence-corrected chi connectivity index (χ2v) is 11.6. The van der Waals surface area contributed by atoms with Crippen LogP contribution in [0.1, 0.15) is 58.9 Å². The van der Waals surface area contributed by atoms with Crippen molar-refractivity contribution in [3.63, 3.8) is 0 Å². The lowest BCUT2D eigenvalue weighted by Crippen LogP contribution is -2.57. The topological polar surface area (TPSA) is 84.9 Å². The maximum Gasteiger partial charge on any atom is 0.495 e. The molecule has 1 aromatic rings. The molecule has 28 heavy (non-hydrogen) atoms. The van der Waals surface area contributed by atoms with E-state index in [1.807, 2.05) is 34.6 Å². The van der Waals surface area contributed by atoms with Gasteiger partial charge in [-0.3, -0.25) is 0 Å². The Morgan fingerprint density at radius 3 is 2.18 bits per heavy atom. The second kappa shape index (κ2) is 6.28. The van der Waals surface area contributed by atoms with E-state index < -0.39 is 28.3 Å². The molecule has 2 aliphatic carbocycles. The Hall–Kier alpha value is -0.925. The molecule has 6 nitrogen and oxygen atoms in total. The molecule has 3 aliphatic rings. The van der Waals surface area contributed by atoms with Gasteiger partial charge in [0, 0.05) is 6.04 Å². The van der Waals surface area contributed by atoms with E-state index in [1.165, 1.54) is 0 Å². The Morgan fingerprint density at radius 1 is 1.07 bits per heavy atom. The van der Waals surface area contributed by atoms with Crippen molar-refractivity contribution in [2.45, 2.75) is 88.5 Å². The Kier molecular flexibility index (Phi) is 4.57. The predicted octanol–water partition coefficient (Wildman–Crippen LogP) is 1.88. The Bertz CT molecular complexity index is 868. The number of benzene rings is 1. The van der Waals surface area contributed by atoms with Crippen LogP contribution in [-0.4, -0.2) is 44.0 Å². The van der Waals surface area contributed by atoms with Gasteiger partial charge in [-0.25, -0.2) is 13.1 Å². The van der Waals surface area contributed by atoms with Gasteiger partial charge in [-0.15, -0.1) is 0 Å². The highest BCUT2D eigenvalue weighted by Crippen LogP contribution is 2.56. The van der Waals surface area contributed by atoms with Crippen LogP contribution in [0.3, 0.4) is 0 Å². The maximum absolute atomic E-state index is 12.9. The van der Waals surface area contributed by atoms with Crippen molar-refractivity contribution in [1.29, 1.82) is 0 Å². The third kappa shape index (κ3) is 3.33. The van der Waals surface area contributed by atoms with E-state index in [4.69, 9.17) is 9.31 Å². The summed E-state index contributed by atoms with van der Waals surface area (Å²) in [5, 5.41) is 9.52. The van der Waals surface area contributed by atoms with Crippen LogP contribution >= 0.6 is 0 Å². The molecule has 1 saturated heterocycles. The van der Waals surface area contributed by atoms with Crippen molar-refractivity contribution in [3.8, 4) is 0 Å². The first kappa shape index (κ1) is 20.4. The third-order valence-electron chi connectivity index (χ3n) is 7.09. The standard InChI is InChI=1S/C20H30BNO5S/c1-13-6-7-16(8-17(13)21-26-18(2,3)19(4,5)27-21)28(24,25)22-14-9-20(10-14)11-15(23)12-20/h6-8,14-15,22-23H,9-12H2,1-5H3. The van der Waals surface area contributed by atoms with Crippen molar-refractivity contribution in [2.24, 2.45) is 5.41 Å². The summed E-state index contributed by atoms with van der Waals surface area (Å²) in [5.41, 5.74) is 0.876. The van der Waals surface area contributed by atoms with Crippen molar-refractivity contribution in [1.82, 2.24) is 4.72 Å². The number of rotatable bonds is 4. The quantitative estimate of drug-likeness (QED) is 0.745. The van der Waals surface area contributed by atoms with E-state index in [2.05, 4.69) is 4.72 Å². The number of aliphatic hydroxyl groups excluding tert-OH is 1. The number of nitrogens with one attached hydrogen (secondary N) is 1. The van der Waals surface area contributed by atoms with Gasteiger partial charge >= 0.3 is 7.12 Å². The van der Waals surface area contributed by atoms with Gasteiger partial charge in [-0.2, -0.15) is 0 Å². The summed E-state index contributed by atoms with van der Waals surface area (Å²) in [6.07, 6.45) is 2.99. The first-order chi connectivity index (χ1) is 12.8. The average molecular weight is 407 g/mol. The minimum Gasteiger partial charge on any atom is -0.399 e. The molecule has 1 aliphatic heterocycles. The highest BCUT2D eigenvalue weighted by atomic mass is 32.2. The van der Waals surface area contributed by atoms with Crippen LogP contribution in [-0.2, 0) is 19.3 Å². The van der Waals surface area contributed by atoms with E-state index in [0.29, 0.717) is 0 Å². The van der Waals surface area contributed by atoms with Gasteiger partial charge in [0.05, 0.1) is 22.2 Å². The minimum atomic E-state index is -3.62. The van der Waals surface area contributed by atoms with Crippen molar-refractivity contribution in [2.75, 3.05) is 0 Å². The molecule has 2 N–H and O–H groups in total. The molecule has 1 heterocycles. The SMILES string of the molecule is Cc1ccc(S(=O)(=O)NC2CC3(CC(O)C3)C2)cc1B1OC(C)(C)C(C)(C)O1. The van der Waals surface area contributed by atoms with E-state index >= 15 is 0 Å². The number of aliphatic hydroxyl groups is 1. The molecule has 4 rings (SSSR count). The monoisotopic (exact) mass is 407 g/mol. The predicted molar refractivity (Wildman–Crippen MR) is 108 cm³/mol. The van der Waals surface area contributed by atoms with Crippen molar-refractivity contribution >= 4 is 22.6 Å². The van der Waals surface area contributed by atoms with Gasteiger partial charge in [0.15, 0.2) is 0 Å². The van der Waals surface area contributed by atoms with Crippen LogP contribution in [0.15, 0.2) is 23.1 Å². The normalized spacial score (nSPS) is 33.6. The Morgan fingerprint density at radius 2 is 1.64 bits per heavy atom. The molecule has 0 amide bonds. The van der Waals surface area contributed by atoms with Crippen LogP contribution in [0.4, 0.5) is 0 Å². The van der Waals surface area contributed by atoms with Crippen LogP contribution in [0.2, 0.25) is 0 Å². The zero-order valence-corrected chi connectivity index (χ0v) is 18.1. The lowest BCUT2D eigenvalue weighted by Gasteiger charge is -2.56. The smallest absolute Gasteiger partial charge is 0.399 e. The highest BCUT2D eigenvalue weighted by Gasteiger charge is 2.54. The number of hydrogen-bond donors (Lipinski definition) is 2. The Balaban J connectivity index is 1.51. The minimum absolute atomic E-state index is 0.0564. The summed E-state index contributed by atoms with van der Waals surface area (Å²) in [6.45, 7) is 9.85. The van der Waals surface area contributed by atoms with E-state index in [0.717, 1.165) is 36.7 Å². The maximum atomic E-state index is 12.9. The van der Waals surface area contributed by atoms with Crippen LogP contribution in [0, 0.1) is 12.3 Å². The third-order valence-corrected chi connectivity index (χ3v) is 8.60. The second-order valence-electron chi connectivity index (χ2n) is 9.90. The first-order valence-corrected chi connectivity index (χ1v) is 11.5. The molecular formula is C20H30BNO5S. The summed E-state index contributed by atoms with van der Waals surface area (Å²) in [6, 6.07) is 5.05. The molecule has 0 radical (unpaired) electrons. The first-order valence-electron chi connectivity index (χ1n) is 9.99. The number of sulfonamides is 1. The van der Waals surface area contributed by atoms with Gasteiger partial charge < -0.3 is 14.4 Å². The number of aryl methyl sites for hydroxylation is 1. The molecule has 3 fully saturated rings. The zero-order valence-electron chi connectivity index (χ0n) is 17.3. The fraction of sp³-hybridized carbons (Fsp3) is 0.700. The summed E-state index contributed by atoms with van der Waals surface area (Å²) in [5.74, 6) is 0. The molecule has 8 heteroatoms. The fourth-order valence-electron chi connectivity index (χ4n) is 4.64. The summed E-state index contributed by atoms with van der Waals surface area (Å²) in [4.78, 5) is 0.234. The Labute approximate surface area is 168 Å². The molecule has 0 bridgehead atoms. The summed E-state index contributed by atoms with van der Waals surface area (Å²) in [7, 11) is -4.21. The van der Waals surface area contributed by atoms with Crippen LogP contribution in [0.25, 0.3) is 0 Å². The van der Waals surface area contributed by atoms with Gasteiger partial charge in [0.25, 0.3) is 0 Å². The molecule has 0 aromatic heterocycles. The summed E-state index contributed by atoms with van der Waals surface area (Å²) >= 11 is 0. The zero-order chi connectivity index (χ0) is 20.5. The molecular weight excluding hydrogens is 377 g/mol. The molecule has 1 aromatic carbocycles. The fourth-order valence-corrected chi connectivity index (χ4v) is 5.91. The molecule has 1 spiro atoms. The van der Waals surface area contributed by atoms with Crippen LogP contribution in [0.5, 0.6) is 0 Å². The lowest BCUT2D eigenvalue weighted by atomic mass is 9.53. The average Bonchev–Trinajstić information content (AvgIpc) is 2.71. The largest absolute Gasteiger partial charge is 0.495 e. The lowest BCUT2D eigenvalue weighted by molar-refractivity contribution is -0.0930.